The number of nitrogens with zero attached hydrogens (tertiary/aromatic N) is 3. The maximum atomic E-state index is 5.61. The van der Waals surface area contributed by atoms with Gasteiger partial charge in [0.1, 0.15) is 11.6 Å². The molecule has 142 valence electrons. The molecular formula is C22H22N4O2. The van der Waals surface area contributed by atoms with Gasteiger partial charge in [0.2, 0.25) is 0 Å². The van der Waals surface area contributed by atoms with E-state index >= 15 is 0 Å². The number of H-pyrrole nitrogens is 1. The molecule has 3 aromatic rings. The highest BCUT2D eigenvalue weighted by Crippen LogP contribution is 2.44. The van der Waals surface area contributed by atoms with Gasteiger partial charge in [0, 0.05) is 25.7 Å². The maximum Gasteiger partial charge on any atom is 0.142 e. The lowest BCUT2D eigenvalue weighted by molar-refractivity contribution is -0.127. The molecule has 2 fully saturated rings. The summed E-state index contributed by atoms with van der Waals surface area (Å²) in [4.78, 5) is 15.6. The van der Waals surface area contributed by atoms with Gasteiger partial charge in [-0.3, -0.25) is 0 Å². The van der Waals surface area contributed by atoms with Gasteiger partial charge in [-0.2, -0.15) is 0 Å². The van der Waals surface area contributed by atoms with Crippen LogP contribution in [0.2, 0.25) is 0 Å². The van der Waals surface area contributed by atoms with Crippen LogP contribution in [0.3, 0.4) is 0 Å². The average molecular weight is 374 g/mol. The summed E-state index contributed by atoms with van der Waals surface area (Å²) >= 11 is 0. The number of hydrogen-bond donors (Lipinski definition) is 1. The van der Waals surface area contributed by atoms with Crippen LogP contribution in [0, 0.1) is 5.41 Å². The normalized spacial score (nSPS) is 19.8. The van der Waals surface area contributed by atoms with Gasteiger partial charge in [-0.05, 0) is 17.2 Å². The first kappa shape index (κ1) is 16.3. The lowest BCUT2D eigenvalue weighted by Crippen LogP contribution is -2.66. The summed E-state index contributed by atoms with van der Waals surface area (Å²) in [5.41, 5.74) is 5.94. The van der Waals surface area contributed by atoms with Crippen LogP contribution in [-0.2, 0) is 22.5 Å². The van der Waals surface area contributed by atoms with Crippen molar-refractivity contribution in [3.8, 4) is 22.5 Å². The second kappa shape index (κ2) is 6.15. The molecule has 5 heterocycles. The van der Waals surface area contributed by atoms with E-state index in [9.17, 15) is 0 Å². The van der Waals surface area contributed by atoms with Gasteiger partial charge in [-0.1, -0.05) is 30.3 Å². The first-order chi connectivity index (χ1) is 13.8. The van der Waals surface area contributed by atoms with E-state index in [1.165, 1.54) is 5.56 Å². The molecule has 1 N–H and O–H groups in total. The first-order valence-corrected chi connectivity index (χ1v) is 9.84. The van der Waals surface area contributed by atoms with Crippen LogP contribution in [0.25, 0.3) is 22.5 Å². The number of imidazole rings is 1. The topological polar surface area (TPSA) is 63.3 Å². The van der Waals surface area contributed by atoms with E-state index in [1.54, 1.807) is 0 Å². The van der Waals surface area contributed by atoms with Crippen LogP contribution >= 0.6 is 0 Å². The van der Waals surface area contributed by atoms with Crippen molar-refractivity contribution in [2.24, 2.45) is 5.41 Å². The molecule has 0 amide bonds. The highest BCUT2D eigenvalue weighted by molar-refractivity contribution is 5.88. The summed E-state index contributed by atoms with van der Waals surface area (Å²) in [6.45, 7) is 5.05. The second-order valence-electron chi connectivity index (χ2n) is 8.09. The van der Waals surface area contributed by atoms with Crippen molar-refractivity contribution in [2.45, 2.75) is 13.0 Å². The molecule has 0 unspecified atom stereocenters. The lowest BCUT2D eigenvalue weighted by atomic mass is 9.77. The number of ether oxygens (including phenoxy) is 2. The van der Waals surface area contributed by atoms with E-state index in [0.717, 1.165) is 73.5 Å². The van der Waals surface area contributed by atoms with E-state index in [1.807, 2.05) is 12.3 Å². The Kier molecular flexibility index (Phi) is 3.58. The van der Waals surface area contributed by atoms with Gasteiger partial charge < -0.3 is 19.4 Å². The Labute approximate surface area is 163 Å². The molecule has 1 spiro atoms. The van der Waals surface area contributed by atoms with E-state index in [0.29, 0.717) is 12.0 Å². The molecule has 6 heteroatoms. The van der Waals surface area contributed by atoms with E-state index in [4.69, 9.17) is 19.4 Å². The molecule has 3 aliphatic rings. The van der Waals surface area contributed by atoms with Gasteiger partial charge in [-0.15, -0.1) is 0 Å². The number of hydrogen-bond acceptors (Lipinski definition) is 5. The molecule has 2 aromatic heterocycles. The predicted octanol–water partition coefficient (Wildman–Crippen LogP) is 3.05. The number of aromatic nitrogens is 3. The molecule has 6 rings (SSSR count). The fourth-order valence-electron chi connectivity index (χ4n) is 4.50. The molecule has 3 aliphatic heterocycles. The monoisotopic (exact) mass is 374 g/mol. The quantitative estimate of drug-likeness (QED) is 0.763. The first-order valence-electron chi connectivity index (χ1n) is 9.84. The Morgan fingerprint density at radius 3 is 2.64 bits per heavy atom. The minimum atomic E-state index is 0.331. The number of rotatable bonds is 3. The van der Waals surface area contributed by atoms with Crippen molar-refractivity contribution in [2.75, 3.05) is 37.8 Å². The van der Waals surface area contributed by atoms with Gasteiger partial charge in [0.15, 0.2) is 0 Å². The fraction of sp³-hybridized carbons (Fsp3) is 0.364. The summed E-state index contributed by atoms with van der Waals surface area (Å²) in [5, 5.41) is 0. The largest absolute Gasteiger partial charge is 0.380 e. The standard InChI is InChI=1S/C22H22N4O2/c1-2-4-15(5-3-1)16-6-8-23-21(26-11-22(12-26)13-28-14-22)19(16)20-24-17-7-9-27-10-18(17)25-20/h1-6,8H,7,9-14H2,(H,24,25). The maximum absolute atomic E-state index is 5.61. The Balaban J connectivity index is 1.49. The van der Waals surface area contributed by atoms with E-state index < -0.39 is 0 Å². The Bertz CT molecular complexity index is 995. The molecule has 2 saturated heterocycles. The van der Waals surface area contributed by atoms with E-state index in [-0.39, 0.29) is 0 Å². The number of anilines is 1. The van der Waals surface area contributed by atoms with Crippen LogP contribution in [0.1, 0.15) is 11.4 Å². The van der Waals surface area contributed by atoms with Gasteiger partial charge in [-0.25, -0.2) is 9.97 Å². The molecule has 1 aromatic carbocycles. The van der Waals surface area contributed by atoms with Crippen molar-refractivity contribution >= 4 is 5.82 Å². The average Bonchev–Trinajstić information content (AvgIpc) is 3.10. The van der Waals surface area contributed by atoms with Crippen LogP contribution in [0.5, 0.6) is 0 Å². The van der Waals surface area contributed by atoms with Crippen molar-refractivity contribution < 1.29 is 9.47 Å². The molecule has 6 nitrogen and oxygen atoms in total. The third kappa shape index (κ3) is 2.48. The van der Waals surface area contributed by atoms with Crippen molar-refractivity contribution in [1.82, 2.24) is 15.0 Å². The zero-order chi connectivity index (χ0) is 18.6. The summed E-state index contributed by atoms with van der Waals surface area (Å²) in [6.07, 6.45) is 2.77. The Hall–Kier alpha value is -2.70. The highest BCUT2D eigenvalue weighted by Gasteiger charge is 2.50. The smallest absolute Gasteiger partial charge is 0.142 e. The molecule has 0 atom stereocenters. The van der Waals surface area contributed by atoms with Crippen molar-refractivity contribution in [1.29, 1.82) is 0 Å². The zero-order valence-electron chi connectivity index (χ0n) is 15.6. The van der Waals surface area contributed by atoms with Crippen LogP contribution in [0.15, 0.2) is 42.6 Å². The Morgan fingerprint density at radius 2 is 1.89 bits per heavy atom. The van der Waals surface area contributed by atoms with E-state index in [2.05, 4.69) is 40.2 Å². The summed E-state index contributed by atoms with van der Waals surface area (Å²) in [7, 11) is 0. The zero-order valence-corrected chi connectivity index (χ0v) is 15.6. The van der Waals surface area contributed by atoms with Gasteiger partial charge in [0.05, 0.1) is 48.8 Å². The molecule has 28 heavy (non-hydrogen) atoms. The van der Waals surface area contributed by atoms with Crippen molar-refractivity contribution in [3.05, 3.63) is 54.0 Å². The fourth-order valence-corrected chi connectivity index (χ4v) is 4.50. The van der Waals surface area contributed by atoms with Crippen LogP contribution < -0.4 is 4.90 Å². The van der Waals surface area contributed by atoms with Crippen molar-refractivity contribution in [3.63, 3.8) is 0 Å². The van der Waals surface area contributed by atoms with Crippen LogP contribution in [-0.4, -0.2) is 47.9 Å². The summed E-state index contributed by atoms with van der Waals surface area (Å²) in [6, 6.07) is 12.6. The summed E-state index contributed by atoms with van der Waals surface area (Å²) < 4.78 is 11.1. The van der Waals surface area contributed by atoms with Gasteiger partial charge in [0.25, 0.3) is 0 Å². The number of pyridine rings is 1. The lowest BCUT2D eigenvalue weighted by Gasteiger charge is -2.55. The molecule has 0 saturated carbocycles. The van der Waals surface area contributed by atoms with Crippen LogP contribution in [0.4, 0.5) is 5.82 Å². The molecular weight excluding hydrogens is 352 g/mol. The minimum Gasteiger partial charge on any atom is -0.380 e. The molecule has 0 bridgehead atoms. The molecule has 0 radical (unpaired) electrons. The third-order valence-electron chi connectivity index (χ3n) is 6.02. The number of aromatic amines is 1. The minimum absolute atomic E-state index is 0.331. The number of benzene rings is 1. The number of fused-ring (bicyclic) bond motifs is 1. The van der Waals surface area contributed by atoms with Gasteiger partial charge >= 0.3 is 0 Å². The third-order valence-corrected chi connectivity index (χ3v) is 6.02. The SMILES string of the molecule is c1ccc(-c2ccnc(N3CC4(COC4)C3)c2-c2nc3c([nH]2)COCC3)cc1. The Morgan fingerprint density at radius 1 is 1.04 bits per heavy atom. The predicted molar refractivity (Wildman–Crippen MR) is 106 cm³/mol. The summed E-state index contributed by atoms with van der Waals surface area (Å²) in [5.74, 6) is 1.90. The molecule has 0 aliphatic carbocycles. The highest BCUT2D eigenvalue weighted by atomic mass is 16.5. The number of nitrogens with one attached hydrogen (secondary N) is 1. The second-order valence-corrected chi connectivity index (χ2v) is 8.09.